The molecule has 0 amide bonds. The van der Waals surface area contributed by atoms with Crippen LogP contribution in [0.15, 0.2) is 46.3 Å². The maximum absolute atomic E-state index is 12.9. The van der Waals surface area contributed by atoms with Gasteiger partial charge in [-0.2, -0.15) is 0 Å². The second-order valence-electron chi connectivity index (χ2n) is 8.76. The number of nitrogens with one attached hydrogen (secondary N) is 1. The fraction of sp³-hybridized carbons (Fsp3) is 0.435. The summed E-state index contributed by atoms with van der Waals surface area (Å²) in [6, 6.07) is 9.31. The molecule has 2 saturated carbocycles. The summed E-state index contributed by atoms with van der Waals surface area (Å²) in [5, 5.41) is 4.89. The number of hydrogen-bond donors (Lipinski definition) is 1. The first-order chi connectivity index (χ1) is 14.5. The highest BCUT2D eigenvalue weighted by molar-refractivity contribution is 14.2. The summed E-state index contributed by atoms with van der Waals surface area (Å²) in [4.78, 5) is 14.1. The molecule has 0 atom stereocenters. The third-order valence-corrected chi connectivity index (χ3v) is 9.39. The summed E-state index contributed by atoms with van der Waals surface area (Å²) in [7, 11) is 3.38. The van der Waals surface area contributed by atoms with Gasteiger partial charge in [0.25, 0.3) is 5.56 Å². The quantitative estimate of drug-likeness (QED) is 0.283. The number of rotatable bonds is 5. The zero-order valence-electron chi connectivity index (χ0n) is 17.3. The van der Waals surface area contributed by atoms with Crippen molar-refractivity contribution in [3.05, 3.63) is 47.0 Å². The monoisotopic (exact) mass is 551 g/mol. The summed E-state index contributed by atoms with van der Waals surface area (Å²) in [5.41, 5.74) is 4.98. The Morgan fingerprint density at radius 1 is 1.13 bits per heavy atom. The second kappa shape index (κ2) is 8.13. The molecule has 2 aliphatic carbocycles. The molecule has 1 N–H and O–H groups in total. The number of halogens is 1. The van der Waals surface area contributed by atoms with Gasteiger partial charge < -0.3 is 9.88 Å². The number of benzene rings is 1. The Morgan fingerprint density at radius 3 is 2.57 bits per heavy atom. The molecule has 2 heterocycles. The molecule has 0 aliphatic heterocycles. The van der Waals surface area contributed by atoms with E-state index in [9.17, 15) is 4.79 Å². The molecule has 0 bridgehead atoms. The fourth-order valence-corrected chi connectivity index (χ4v) is 6.65. The molecule has 1 aromatic carbocycles. The van der Waals surface area contributed by atoms with E-state index in [1.807, 2.05) is 23.4 Å². The lowest BCUT2D eigenvalue weighted by atomic mass is 9.83. The molecule has 7 heteroatoms. The number of thioether (sulfide) groups is 1. The minimum absolute atomic E-state index is 0.0421. The Bertz CT molecular complexity index is 1160. The van der Waals surface area contributed by atoms with Crippen molar-refractivity contribution in [3.63, 3.8) is 0 Å². The van der Waals surface area contributed by atoms with Crippen molar-refractivity contribution in [3.8, 4) is 11.1 Å². The van der Waals surface area contributed by atoms with Crippen LogP contribution in [-0.2, 0) is 7.05 Å². The van der Waals surface area contributed by atoms with Gasteiger partial charge >= 0.3 is 0 Å². The minimum atomic E-state index is 0.0421. The van der Waals surface area contributed by atoms with Gasteiger partial charge in [0.1, 0.15) is 5.52 Å². The van der Waals surface area contributed by atoms with E-state index in [-0.39, 0.29) is 5.56 Å². The molecule has 2 aromatic heterocycles. The van der Waals surface area contributed by atoms with Gasteiger partial charge in [0.2, 0.25) is 0 Å². The number of hydrogen-bond acceptors (Lipinski definition) is 4. The van der Waals surface area contributed by atoms with Crippen molar-refractivity contribution >= 4 is 58.7 Å². The number of fused-ring (bicyclic) bond motifs is 1. The molecule has 158 valence electrons. The molecule has 30 heavy (non-hydrogen) atoms. The van der Waals surface area contributed by atoms with Gasteiger partial charge in [-0.3, -0.25) is 8.77 Å². The van der Waals surface area contributed by atoms with Crippen molar-refractivity contribution < 1.29 is 0 Å². The van der Waals surface area contributed by atoms with Crippen LogP contribution in [0.25, 0.3) is 22.0 Å². The van der Waals surface area contributed by atoms with Gasteiger partial charge in [0, 0.05) is 82.9 Å². The largest absolute Gasteiger partial charge is 0.382 e. The van der Waals surface area contributed by atoms with E-state index in [2.05, 4.69) is 57.0 Å². The Hall–Kier alpha value is -1.06. The van der Waals surface area contributed by atoms with Crippen LogP contribution >= 0.6 is 42.1 Å². The number of aryl methyl sites for hydroxylation is 1. The first-order valence-electron chi connectivity index (χ1n) is 10.5. The number of anilines is 1. The van der Waals surface area contributed by atoms with Crippen LogP contribution in [0.4, 0.5) is 5.69 Å². The van der Waals surface area contributed by atoms with Crippen molar-refractivity contribution in [2.45, 2.75) is 49.5 Å². The maximum atomic E-state index is 12.9. The Balaban J connectivity index is 1.59. The van der Waals surface area contributed by atoms with Crippen molar-refractivity contribution in [1.82, 2.24) is 8.54 Å². The highest BCUT2D eigenvalue weighted by Gasteiger charge is 2.44. The van der Waals surface area contributed by atoms with E-state index in [1.165, 1.54) is 63.8 Å². The summed E-state index contributed by atoms with van der Waals surface area (Å²) in [6.45, 7) is 0. The van der Waals surface area contributed by atoms with E-state index in [0.29, 0.717) is 11.5 Å². The molecule has 3 aromatic rings. The van der Waals surface area contributed by atoms with Crippen molar-refractivity contribution in [1.29, 1.82) is 0 Å². The standard InChI is InChI=1S/C23H26IN3OS2/c1-26-14-19(17-7-12-27(30-24)21(17)22(26)28)18-13-16(29-2)3-4-20(18)25-15-5-8-23(9-6-15)10-11-23/h3-4,7,12-15,25H,5-6,8-11H2,1-2H3. The minimum Gasteiger partial charge on any atom is -0.382 e. The van der Waals surface area contributed by atoms with Gasteiger partial charge in [0.15, 0.2) is 0 Å². The number of aromatic nitrogens is 2. The normalized spacial score (nSPS) is 18.2. The van der Waals surface area contributed by atoms with Crippen LogP contribution in [0.5, 0.6) is 0 Å². The molecular weight excluding hydrogens is 525 g/mol. The van der Waals surface area contributed by atoms with E-state index < -0.39 is 0 Å². The van der Waals surface area contributed by atoms with Crippen molar-refractivity contribution in [2.24, 2.45) is 12.5 Å². The average molecular weight is 552 g/mol. The van der Waals surface area contributed by atoms with E-state index in [4.69, 9.17) is 0 Å². The lowest BCUT2D eigenvalue weighted by Crippen LogP contribution is -2.27. The summed E-state index contributed by atoms with van der Waals surface area (Å²) in [5.74, 6) is 0. The number of nitrogens with zero attached hydrogens (tertiary/aromatic N) is 2. The van der Waals surface area contributed by atoms with E-state index in [1.54, 1.807) is 16.3 Å². The molecule has 4 nitrogen and oxygen atoms in total. The summed E-state index contributed by atoms with van der Waals surface area (Å²) in [6.07, 6.45) is 14.2. The second-order valence-corrected chi connectivity index (χ2v) is 11.4. The fourth-order valence-electron chi connectivity index (χ4n) is 4.87. The SMILES string of the molecule is CSc1ccc(NC2CCC3(CC2)CC3)c(-c2cn(C)c(=O)c3c2ccn3SI)c1. The maximum Gasteiger partial charge on any atom is 0.275 e. The average Bonchev–Trinajstić information content (AvgIpc) is 3.38. The van der Waals surface area contributed by atoms with Crippen LogP contribution in [0.3, 0.4) is 0 Å². The van der Waals surface area contributed by atoms with Crippen LogP contribution < -0.4 is 10.9 Å². The smallest absolute Gasteiger partial charge is 0.275 e. The van der Waals surface area contributed by atoms with Gasteiger partial charge in [-0.05, 0) is 74.5 Å². The van der Waals surface area contributed by atoms with Gasteiger partial charge in [0.05, 0.1) is 0 Å². The Morgan fingerprint density at radius 2 is 1.90 bits per heavy atom. The van der Waals surface area contributed by atoms with Gasteiger partial charge in [-0.25, -0.2) is 0 Å². The van der Waals surface area contributed by atoms with Crippen LogP contribution in [0.1, 0.15) is 38.5 Å². The first kappa shape index (κ1) is 20.8. The molecule has 0 saturated heterocycles. The van der Waals surface area contributed by atoms with Gasteiger partial charge in [-0.1, -0.05) is 0 Å². The highest BCUT2D eigenvalue weighted by Crippen LogP contribution is 2.56. The van der Waals surface area contributed by atoms with Gasteiger partial charge in [-0.15, -0.1) is 11.8 Å². The molecule has 2 aliphatic rings. The highest BCUT2D eigenvalue weighted by atomic mass is 127. The van der Waals surface area contributed by atoms with Crippen LogP contribution in [-0.4, -0.2) is 20.8 Å². The molecule has 2 fully saturated rings. The predicted molar refractivity (Wildman–Crippen MR) is 139 cm³/mol. The third kappa shape index (κ3) is 3.71. The Kier molecular flexibility index (Phi) is 5.64. The molecule has 0 unspecified atom stereocenters. The molecule has 5 rings (SSSR count). The topological polar surface area (TPSA) is 39.0 Å². The lowest BCUT2D eigenvalue weighted by Gasteiger charge is -2.30. The van der Waals surface area contributed by atoms with Crippen LogP contribution in [0.2, 0.25) is 0 Å². The van der Waals surface area contributed by atoms with Crippen LogP contribution in [0, 0.1) is 5.41 Å². The van der Waals surface area contributed by atoms with E-state index >= 15 is 0 Å². The third-order valence-electron chi connectivity index (χ3n) is 6.94. The summed E-state index contributed by atoms with van der Waals surface area (Å²) >= 11 is 3.99. The first-order valence-corrected chi connectivity index (χ1v) is 15.0. The predicted octanol–water partition coefficient (Wildman–Crippen LogP) is 6.71. The zero-order valence-corrected chi connectivity index (χ0v) is 21.1. The van der Waals surface area contributed by atoms with Crippen molar-refractivity contribution in [2.75, 3.05) is 11.6 Å². The zero-order chi connectivity index (χ0) is 20.9. The molecule has 1 spiro atoms. The van der Waals surface area contributed by atoms with E-state index in [0.717, 1.165) is 16.5 Å². The Labute approximate surface area is 197 Å². The number of pyridine rings is 1. The molecule has 0 radical (unpaired) electrons. The summed E-state index contributed by atoms with van der Waals surface area (Å²) < 4.78 is 3.68. The molecular formula is C23H26IN3OS2. The lowest BCUT2D eigenvalue weighted by molar-refractivity contribution is 0.317.